The molecule has 0 spiro atoms. The van der Waals surface area contributed by atoms with Gasteiger partial charge in [-0.1, -0.05) is 30.2 Å². The molecule has 2 unspecified atom stereocenters. The zero-order valence-electron chi connectivity index (χ0n) is 20.5. The summed E-state index contributed by atoms with van der Waals surface area (Å²) in [5.41, 5.74) is -3.95. The summed E-state index contributed by atoms with van der Waals surface area (Å²) in [5, 5.41) is 10.5. The molecule has 0 saturated carbocycles. The van der Waals surface area contributed by atoms with Crippen LogP contribution in [-0.4, -0.2) is 57.8 Å². The molecule has 37 heavy (non-hydrogen) atoms. The van der Waals surface area contributed by atoms with Crippen LogP contribution in [0.15, 0.2) is 50.9 Å². The number of hydrogen-bond donors (Lipinski definition) is 2. The first-order valence-corrected chi connectivity index (χ1v) is 12.8. The monoisotopic (exact) mass is 541 g/mol. The van der Waals surface area contributed by atoms with Gasteiger partial charge in [0.05, 0.1) is 6.61 Å². The number of unbranched alkanes of at least 4 members (excludes halogenated alkanes) is 1. The second-order valence-corrected chi connectivity index (χ2v) is 9.43. The van der Waals surface area contributed by atoms with Crippen molar-refractivity contribution in [2.45, 2.75) is 63.8 Å². The first-order valence-electron chi connectivity index (χ1n) is 11.6. The maximum Gasteiger partial charge on any atom is 0.395 e. The number of nitrogens with one attached hydrogen (secondary N) is 1. The minimum absolute atomic E-state index is 0.0304. The number of carbonyl (C=O) groups excluding carboxylic acids is 1. The maximum absolute atomic E-state index is 15.4. The van der Waals surface area contributed by atoms with Gasteiger partial charge in [-0.2, -0.15) is 0 Å². The van der Waals surface area contributed by atoms with Crippen molar-refractivity contribution in [3.8, 4) is 11.5 Å². The average molecular weight is 541 g/mol. The molecular formula is C23H29FN3O9P. The van der Waals surface area contributed by atoms with Crippen LogP contribution in [0.4, 0.5) is 4.39 Å². The number of aliphatic hydroxyl groups excluding tert-OH is 1. The molecule has 1 saturated heterocycles. The van der Waals surface area contributed by atoms with Crippen molar-refractivity contribution in [1.82, 2.24) is 9.55 Å². The van der Waals surface area contributed by atoms with Crippen LogP contribution in [0.3, 0.4) is 0 Å². The van der Waals surface area contributed by atoms with Crippen molar-refractivity contribution in [1.29, 1.82) is 0 Å². The van der Waals surface area contributed by atoms with E-state index in [9.17, 15) is 24.4 Å². The van der Waals surface area contributed by atoms with Gasteiger partial charge < -0.3 is 24.2 Å². The van der Waals surface area contributed by atoms with Gasteiger partial charge in [0.2, 0.25) is 5.75 Å². The molecule has 2 aromatic rings. The van der Waals surface area contributed by atoms with Crippen LogP contribution in [0.5, 0.6) is 11.5 Å². The fourth-order valence-electron chi connectivity index (χ4n) is 3.51. The third-order valence-corrected chi connectivity index (χ3v) is 6.49. The van der Waals surface area contributed by atoms with Gasteiger partial charge in [-0.05, 0) is 32.4 Å². The van der Waals surface area contributed by atoms with Crippen LogP contribution in [0.2, 0.25) is 0 Å². The number of nitrogens with zero attached hydrogens (tertiary/aromatic N) is 2. The second-order valence-electron chi connectivity index (χ2n) is 8.54. The van der Waals surface area contributed by atoms with E-state index in [1.54, 1.807) is 12.1 Å². The molecule has 0 radical (unpaired) electrons. The summed E-state index contributed by atoms with van der Waals surface area (Å²) in [6, 6.07) is 6.16. The van der Waals surface area contributed by atoms with E-state index < -0.39 is 55.5 Å². The fraction of sp³-hybridized carbons (Fsp3) is 0.522. The lowest BCUT2D eigenvalue weighted by Crippen LogP contribution is -2.43. The Kier molecular flexibility index (Phi) is 9.55. The number of H-pyrrole nitrogens is 1. The number of alkyl halides is 1. The number of carbonyl (C=O) groups is 1. The number of benzene rings is 1. The minimum atomic E-state index is -2.67. The molecule has 2 heterocycles. The van der Waals surface area contributed by atoms with Crippen molar-refractivity contribution < 1.29 is 37.9 Å². The predicted octanol–water partition coefficient (Wildman–Crippen LogP) is 1.57. The largest absolute Gasteiger partial charge is 0.575 e. The number of ether oxygens (including phenoxy) is 3. The summed E-state index contributed by atoms with van der Waals surface area (Å²) in [7, 11) is -2.67. The third kappa shape index (κ3) is 7.01. The molecule has 2 N–H and O–H groups in total. The van der Waals surface area contributed by atoms with E-state index in [0.717, 1.165) is 30.2 Å². The number of rotatable bonds is 11. The highest BCUT2D eigenvalue weighted by Crippen LogP contribution is 2.41. The Hall–Kier alpha value is -3.12. The van der Waals surface area contributed by atoms with Crippen LogP contribution >= 0.6 is 8.17 Å². The first-order chi connectivity index (χ1) is 17.5. The summed E-state index contributed by atoms with van der Waals surface area (Å²) in [6.07, 6.45) is -1.79. The Morgan fingerprint density at radius 2 is 2.05 bits per heavy atom. The zero-order valence-corrected chi connectivity index (χ0v) is 21.4. The third-order valence-electron chi connectivity index (χ3n) is 5.60. The van der Waals surface area contributed by atoms with E-state index in [4.69, 9.17) is 18.7 Å². The Morgan fingerprint density at radius 1 is 1.35 bits per heavy atom. The number of hydrogen-bond acceptors (Lipinski definition) is 10. The van der Waals surface area contributed by atoms with E-state index in [0.29, 0.717) is 6.42 Å². The molecule has 1 aromatic heterocycles. The van der Waals surface area contributed by atoms with E-state index in [1.807, 2.05) is 11.9 Å². The summed E-state index contributed by atoms with van der Waals surface area (Å²) in [6.45, 7) is 4.34. The average Bonchev–Trinajstić information content (AvgIpc) is 3.07. The Balaban J connectivity index is 1.67. The molecular weight excluding hydrogens is 512 g/mol. The van der Waals surface area contributed by atoms with E-state index >= 15 is 4.39 Å². The predicted molar refractivity (Wildman–Crippen MR) is 128 cm³/mol. The molecule has 1 aromatic carbocycles. The van der Waals surface area contributed by atoms with Crippen LogP contribution in [0, 0.1) is 0 Å². The van der Waals surface area contributed by atoms with Gasteiger partial charge in [0.25, 0.3) is 5.56 Å². The molecule has 0 amide bonds. The van der Waals surface area contributed by atoms with Crippen molar-refractivity contribution >= 4 is 14.1 Å². The van der Waals surface area contributed by atoms with Crippen molar-refractivity contribution in [2.75, 3.05) is 13.2 Å². The van der Waals surface area contributed by atoms with Crippen molar-refractivity contribution in [2.24, 2.45) is 4.74 Å². The lowest BCUT2D eigenvalue weighted by Gasteiger charge is -2.24. The number of aliphatic hydroxyl groups is 1. The first kappa shape index (κ1) is 28.5. The van der Waals surface area contributed by atoms with Gasteiger partial charge in [-0.25, -0.2) is 14.0 Å². The molecule has 0 aliphatic carbocycles. The number of para-hydroxylation sites is 2. The summed E-state index contributed by atoms with van der Waals surface area (Å²) in [5.74, 6) is -0.495. The molecule has 3 rings (SSSR count). The van der Waals surface area contributed by atoms with E-state index in [-0.39, 0.29) is 24.7 Å². The van der Waals surface area contributed by atoms with Gasteiger partial charge in [-0.3, -0.25) is 18.9 Å². The SMILES string of the molecule is CCCCOC(=O)[C@H](C)/N=[P+](\[O-])Oc1ccccc1OC[C@H]1OC(n2ccc(=O)[nH]c2=O)[C@](C)(F)[C@@H]1O. The molecule has 6 atom stereocenters. The van der Waals surface area contributed by atoms with Crippen LogP contribution in [0.1, 0.15) is 39.8 Å². The highest BCUT2D eigenvalue weighted by atomic mass is 31.1. The molecule has 202 valence electrons. The van der Waals surface area contributed by atoms with Crippen LogP contribution in [0.25, 0.3) is 0 Å². The van der Waals surface area contributed by atoms with Gasteiger partial charge in [0.15, 0.2) is 23.7 Å². The molecule has 12 nitrogen and oxygen atoms in total. The van der Waals surface area contributed by atoms with E-state index in [1.165, 1.54) is 19.1 Å². The fourth-order valence-corrected chi connectivity index (χ4v) is 4.26. The smallest absolute Gasteiger partial charge is 0.395 e. The van der Waals surface area contributed by atoms with E-state index in [2.05, 4.69) is 4.74 Å². The Morgan fingerprint density at radius 3 is 2.73 bits per heavy atom. The normalized spacial score (nSPS) is 24.5. The Labute approximate surface area is 212 Å². The summed E-state index contributed by atoms with van der Waals surface area (Å²) >= 11 is 0. The van der Waals surface area contributed by atoms with Crippen molar-refractivity contribution in [3.05, 3.63) is 57.4 Å². The number of aromatic nitrogens is 2. The molecule has 1 aliphatic heterocycles. The highest BCUT2D eigenvalue weighted by Gasteiger charge is 2.55. The standard InChI is InChI=1S/C23H29FN3O9P/c1-4-5-12-33-20(30)14(2)26-37(32)36-16-9-7-6-8-15(16)34-13-17-19(29)23(3,24)21(35-17)27-11-10-18(28)25-22(27)31/h6-11,14,17,19,21,29H,4-5,12-13H2,1-3H3,(H,25,28,31)/t14-,17+,19+,21?,23+/m0/s1. The summed E-state index contributed by atoms with van der Waals surface area (Å²) in [4.78, 5) is 49.8. The molecule has 1 fully saturated rings. The molecule has 14 heteroatoms. The van der Waals surface area contributed by atoms with Crippen LogP contribution < -0.4 is 25.4 Å². The maximum atomic E-state index is 15.4. The number of esters is 1. The molecule has 0 bridgehead atoms. The van der Waals surface area contributed by atoms with Crippen LogP contribution in [-0.2, 0) is 14.3 Å². The van der Waals surface area contributed by atoms with Gasteiger partial charge in [0, 0.05) is 12.3 Å². The van der Waals surface area contributed by atoms with Gasteiger partial charge in [-0.15, -0.1) is 0 Å². The molecule has 1 aliphatic rings. The van der Waals surface area contributed by atoms with Crippen molar-refractivity contribution in [3.63, 3.8) is 0 Å². The minimum Gasteiger partial charge on any atom is -0.575 e. The quantitative estimate of drug-likeness (QED) is 0.244. The number of aromatic amines is 1. The Bertz CT molecular complexity index is 1230. The topological polar surface area (TPSA) is 164 Å². The lowest BCUT2D eigenvalue weighted by molar-refractivity contribution is -0.169. The van der Waals surface area contributed by atoms with Gasteiger partial charge in [0.1, 0.15) is 18.8 Å². The second kappa shape index (κ2) is 12.4. The number of halogens is 1. The summed E-state index contributed by atoms with van der Waals surface area (Å²) < 4.78 is 41.6. The zero-order chi connectivity index (χ0) is 27.2. The lowest BCUT2D eigenvalue weighted by atomic mass is 9.98. The van der Waals surface area contributed by atoms with Gasteiger partial charge >= 0.3 is 19.8 Å². The highest BCUT2D eigenvalue weighted by molar-refractivity contribution is 7.34.